The van der Waals surface area contributed by atoms with Crippen molar-refractivity contribution in [3.05, 3.63) is 76.0 Å². The van der Waals surface area contributed by atoms with E-state index in [1.54, 1.807) is 18.2 Å². The molecule has 2 aromatic heterocycles. The summed E-state index contributed by atoms with van der Waals surface area (Å²) in [5, 5.41) is 7.65. The number of para-hydroxylation sites is 1. The second-order valence-corrected chi connectivity index (χ2v) is 7.38. The minimum Gasteiger partial charge on any atom is -0.321 e. The standard InChI is InChI=1S/C22H21N5O2/c28-21(23-14-11-12-17-18(13-14)25-22(29)24-17)20-16-9-5-2-6-10-19(16)27(26-20)15-7-3-1-4-8-15/h1,3-4,7-8,11-13H,2,5-6,9-10H2,(H,23,28)(H2,24,25,29). The lowest BCUT2D eigenvalue weighted by atomic mass is 10.1. The summed E-state index contributed by atoms with van der Waals surface area (Å²) in [6, 6.07) is 15.2. The van der Waals surface area contributed by atoms with Crippen LogP contribution in [-0.4, -0.2) is 25.7 Å². The molecule has 2 heterocycles. The highest BCUT2D eigenvalue weighted by Gasteiger charge is 2.24. The fourth-order valence-corrected chi connectivity index (χ4v) is 4.04. The highest BCUT2D eigenvalue weighted by Crippen LogP contribution is 2.27. The van der Waals surface area contributed by atoms with Gasteiger partial charge in [-0.1, -0.05) is 24.6 Å². The molecule has 0 saturated carbocycles. The molecule has 0 spiro atoms. The van der Waals surface area contributed by atoms with Crippen LogP contribution in [0.1, 0.15) is 41.0 Å². The number of aromatic amines is 2. The quantitative estimate of drug-likeness (QED) is 0.469. The molecule has 4 aromatic rings. The van der Waals surface area contributed by atoms with Gasteiger partial charge in [0.25, 0.3) is 5.91 Å². The van der Waals surface area contributed by atoms with Crippen LogP contribution in [0.2, 0.25) is 0 Å². The molecule has 0 aliphatic heterocycles. The third-order valence-electron chi connectivity index (χ3n) is 5.42. The number of hydrogen-bond acceptors (Lipinski definition) is 3. The summed E-state index contributed by atoms with van der Waals surface area (Å²) in [6.07, 6.45) is 5.09. The van der Waals surface area contributed by atoms with Gasteiger partial charge in [0.2, 0.25) is 0 Å². The number of carbonyl (C=O) groups is 1. The van der Waals surface area contributed by atoms with Crippen LogP contribution < -0.4 is 11.0 Å². The maximum absolute atomic E-state index is 13.1. The van der Waals surface area contributed by atoms with Gasteiger partial charge in [-0.3, -0.25) is 4.79 Å². The van der Waals surface area contributed by atoms with Crippen LogP contribution in [0.4, 0.5) is 5.69 Å². The fraction of sp³-hybridized carbons (Fsp3) is 0.227. The number of hydrogen-bond donors (Lipinski definition) is 3. The molecular formula is C22H21N5O2. The van der Waals surface area contributed by atoms with Crippen molar-refractivity contribution in [2.24, 2.45) is 0 Å². The molecule has 5 rings (SSSR count). The monoisotopic (exact) mass is 387 g/mol. The van der Waals surface area contributed by atoms with E-state index >= 15 is 0 Å². The predicted molar refractivity (Wildman–Crippen MR) is 112 cm³/mol. The number of carbonyl (C=O) groups excluding carboxylic acids is 1. The zero-order valence-electron chi connectivity index (χ0n) is 15.9. The van der Waals surface area contributed by atoms with Crippen LogP contribution in [0.5, 0.6) is 0 Å². The summed E-state index contributed by atoms with van der Waals surface area (Å²) in [7, 11) is 0. The first-order valence-corrected chi connectivity index (χ1v) is 9.88. The molecule has 0 radical (unpaired) electrons. The Kier molecular flexibility index (Phi) is 4.27. The van der Waals surface area contributed by atoms with Gasteiger partial charge in [0.05, 0.1) is 16.7 Å². The summed E-state index contributed by atoms with van der Waals surface area (Å²) in [5.41, 5.74) is 5.33. The second-order valence-electron chi connectivity index (χ2n) is 7.38. The molecular weight excluding hydrogens is 366 g/mol. The molecule has 0 bridgehead atoms. The summed E-state index contributed by atoms with van der Waals surface area (Å²) >= 11 is 0. The summed E-state index contributed by atoms with van der Waals surface area (Å²) in [5.74, 6) is -0.227. The van der Waals surface area contributed by atoms with Crippen molar-refractivity contribution >= 4 is 22.6 Å². The van der Waals surface area contributed by atoms with Gasteiger partial charge in [-0.25, -0.2) is 9.48 Å². The number of fused-ring (bicyclic) bond motifs is 2. The van der Waals surface area contributed by atoms with E-state index in [-0.39, 0.29) is 11.6 Å². The molecule has 1 aliphatic carbocycles. The predicted octanol–water partition coefficient (Wildman–Crippen LogP) is 3.56. The van der Waals surface area contributed by atoms with Gasteiger partial charge in [0.1, 0.15) is 0 Å². The van der Waals surface area contributed by atoms with E-state index in [1.807, 2.05) is 35.0 Å². The Morgan fingerprint density at radius 3 is 2.62 bits per heavy atom. The van der Waals surface area contributed by atoms with Crippen molar-refractivity contribution in [1.29, 1.82) is 0 Å². The van der Waals surface area contributed by atoms with Crippen molar-refractivity contribution in [3.63, 3.8) is 0 Å². The Hall–Kier alpha value is -3.61. The third kappa shape index (κ3) is 3.24. The smallest absolute Gasteiger partial charge is 0.321 e. The first-order valence-electron chi connectivity index (χ1n) is 9.88. The Morgan fingerprint density at radius 2 is 1.76 bits per heavy atom. The minimum atomic E-state index is -0.268. The van der Waals surface area contributed by atoms with E-state index in [4.69, 9.17) is 5.10 Å². The maximum Gasteiger partial charge on any atom is 0.323 e. The van der Waals surface area contributed by atoms with E-state index in [0.29, 0.717) is 22.4 Å². The zero-order valence-corrected chi connectivity index (χ0v) is 15.9. The van der Waals surface area contributed by atoms with Crippen LogP contribution in [-0.2, 0) is 12.8 Å². The van der Waals surface area contributed by atoms with Crippen molar-refractivity contribution in [3.8, 4) is 5.69 Å². The average molecular weight is 387 g/mol. The van der Waals surface area contributed by atoms with Gasteiger partial charge >= 0.3 is 5.69 Å². The van der Waals surface area contributed by atoms with Crippen LogP contribution >= 0.6 is 0 Å². The Morgan fingerprint density at radius 1 is 0.966 bits per heavy atom. The number of benzene rings is 2. The van der Waals surface area contributed by atoms with Gasteiger partial charge in [-0.05, 0) is 56.0 Å². The first-order chi connectivity index (χ1) is 14.2. The fourth-order valence-electron chi connectivity index (χ4n) is 4.04. The van der Waals surface area contributed by atoms with E-state index in [9.17, 15) is 9.59 Å². The lowest BCUT2D eigenvalue weighted by Gasteiger charge is -2.06. The largest absolute Gasteiger partial charge is 0.323 e. The number of nitrogens with one attached hydrogen (secondary N) is 3. The van der Waals surface area contributed by atoms with Crippen LogP contribution in [0.15, 0.2) is 53.3 Å². The number of nitrogens with zero attached hydrogens (tertiary/aromatic N) is 2. The number of amides is 1. The van der Waals surface area contributed by atoms with Crippen molar-refractivity contribution in [1.82, 2.24) is 19.7 Å². The van der Waals surface area contributed by atoms with E-state index in [1.165, 1.54) is 0 Å². The number of anilines is 1. The Bertz CT molecular complexity index is 1250. The van der Waals surface area contributed by atoms with Gasteiger partial charge in [0, 0.05) is 16.9 Å². The number of aromatic nitrogens is 4. The topological polar surface area (TPSA) is 95.6 Å². The average Bonchev–Trinajstić information content (AvgIpc) is 3.18. The van der Waals surface area contributed by atoms with Gasteiger partial charge in [0.15, 0.2) is 5.69 Å². The third-order valence-corrected chi connectivity index (χ3v) is 5.42. The molecule has 0 saturated heterocycles. The summed E-state index contributed by atoms with van der Waals surface area (Å²) < 4.78 is 1.92. The molecule has 7 heteroatoms. The van der Waals surface area contributed by atoms with Crippen LogP contribution in [0.3, 0.4) is 0 Å². The molecule has 0 unspecified atom stereocenters. The number of rotatable bonds is 3. The van der Waals surface area contributed by atoms with E-state index in [0.717, 1.165) is 49.0 Å². The first kappa shape index (κ1) is 17.5. The maximum atomic E-state index is 13.1. The molecule has 1 aliphatic rings. The van der Waals surface area contributed by atoms with Crippen molar-refractivity contribution in [2.75, 3.05) is 5.32 Å². The SMILES string of the molecule is O=C(Nc1ccc2[nH]c(=O)[nH]c2c1)c1nn(-c2ccccc2)c2c1CCCCC2. The summed E-state index contributed by atoms with van der Waals surface area (Å²) in [6.45, 7) is 0. The molecule has 2 aromatic carbocycles. The van der Waals surface area contributed by atoms with E-state index in [2.05, 4.69) is 15.3 Å². The molecule has 1 amide bonds. The zero-order chi connectivity index (χ0) is 19.8. The minimum absolute atomic E-state index is 0.227. The number of imidazole rings is 1. The molecule has 7 nitrogen and oxygen atoms in total. The molecule has 146 valence electrons. The van der Waals surface area contributed by atoms with E-state index < -0.39 is 0 Å². The lowest BCUT2D eigenvalue weighted by Crippen LogP contribution is -2.15. The highest BCUT2D eigenvalue weighted by molar-refractivity contribution is 6.04. The molecule has 0 atom stereocenters. The normalized spacial score (nSPS) is 13.8. The van der Waals surface area contributed by atoms with Gasteiger partial charge in [-0.15, -0.1) is 0 Å². The highest BCUT2D eigenvalue weighted by atomic mass is 16.2. The molecule has 3 N–H and O–H groups in total. The Labute approximate surface area is 166 Å². The van der Waals surface area contributed by atoms with Crippen molar-refractivity contribution < 1.29 is 4.79 Å². The van der Waals surface area contributed by atoms with Crippen LogP contribution in [0, 0.1) is 0 Å². The molecule has 0 fully saturated rings. The van der Waals surface area contributed by atoms with Crippen molar-refractivity contribution in [2.45, 2.75) is 32.1 Å². The summed E-state index contributed by atoms with van der Waals surface area (Å²) in [4.78, 5) is 30.0. The van der Waals surface area contributed by atoms with Gasteiger partial charge in [-0.2, -0.15) is 5.10 Å². The molecule has 29 heavy (non-hydrogen) atoms. The van der Waals surface area contributed by atoms with Crippen LogP contribution in [0.25, 0.3) is 16.7 Å². The van der Waals surface area contributed by atoms with Gasteiger partial charge < -0.3 is 15.3 Å². The second kappa shape index (κ2) is 7.09. The Balaban J connectivity index is 1.53. The lowest BCUT2D eigenvalue weighted by molar-refractivity contribution is 0.102. The number of H-pyrrole nitrogens is 2.